The maximum absolute atomic E-state index is 9.21. The maximum atomic E-state index is 9.21. The van der Waals surface area contributed by atoms with E-state index in [9.17, 15) is 5.26 Å². The Hall–Kier alpha value is -3.17. The molecule has 2 aromatic carbocycles. The van der Waals surface area contributed by atoms with Crippen LogP contribution in [0.2, 0.25) is 0 Å². The van der Waals surface area contributed by atoms with Gasteiger partial charge in [0, 0.05) is 31.0 Å². The zero-order valence-corrected chi connectivity index (χ0v) is 16.6. The highest BCUT2D eigenvalue weighted by Crippen LogP contribution is 2.18. The molecule has 29 heavy (non-hydrogen) atoms. The Morgan fingerprint density at radius 3 is 3.00 bits per heavy atom. The third kappa shape index (κ3) is 4.64. The number of hydrogen-bond donors (Lipinski definition) is 1. The molecule has 2 heterocycles. The zero-order chi connectivity index (χ0) is 20.1. The van der Waals surface area contributed by atoms with Crippen molar-refractivity contribution in [2.75, 3.05) is 0 Å². The lowest BCUT2D eigenvalue weighted by atomic mass is 10.1. The topological polar surface area (TPSA) is 75.8 Å². The van der Waals surface area contributed by atoms with Crippen molar-refractivity contribution in [1.82, 2.24) is 20.1 Å². The van der Waals surface area contributed by atoms with Gasteiger partial charge in [-0.1, -0.05) is 37.3 Å². The number of aryl methyl sites for hydroxylation is 2. The van der Waals surface area contributed by atoms with Crippen LogP contribution in [0.3, 0.4) is 0 Å². The van der Waals surface area contributed by atoms with Crippen LogP contribution >= 0.6 is 0 Å². The first kappa shape index (κ1) is 19.2. The normalized spacial score (nSPS) is 15.5. The van der Waals surface area contributed by atoms with E-state index in [-0.39, 0.29) is 0 Å². The monoisotopic (exact) mass is 387 g/mol. The highest BCUT2D eigenvalue weighted by Gasteiger charge is 2.20. The molecule has 1 aromatic heterocycles. The highest BCUT2D eigenvalue weighted by atomic mass is 16.5. The van der Waals surface area contributed by atoms with Gasteiger partial charge in [-0.05, 0) is 30.2 Å². The van der Waals surface area contributed by atoms with Crippen LogP contribution in [0, 0.1) is 11.3 Å². The quantitative estimate of drug-likeness (QED) is 0.672. The molecule has 4 rings (SSSR count). The fraction of sp³-hybridized carbons (Fsp3) is 0.348. The van der Waals surface area contributed by atoms with E-state index in [2.05, 4.69) is 40.5 Å². The first-order chi connectivity index (χ1) is 14.2. The Balaban J connectivity index is 1.33. The van der Waals surface area contributed by atoms with Gasteiger partial charge in [0.1, 0.15) is 18.2 Å². The molecule has 6 heteroatoms. The van der Waals surface area contributed by atoms with Gasteiger partial charge in [-0.3, -0.25) is 0 Å². The molecule has 0 aliphatic carbocycles. The fourth-order valence-corrected chi connectivity index (χ4v) is 3.60. The van der Waals surface area contributed by atoms with E-state index in [1.165, 1.54) is 5.56 Å². The third-order valence-corrected chi connectivity index (χ3v) is 5.24. The molecule has 1 aliphatic rings. The summed E-state index contributed by atoms with van der Waals surface area (Å²) in [5.41, 5.74) is 2.73. The second kappa shape index (κ2) is 8.89. The average molecular weight is 387 g/mol. The summed E-state index contributed by atoms with van der Waals surface area (Å²) in [7, 11) is 0. The van der Waals surface area contributed by atoms with Gasteiger partial charge >= 0.3 is 0 Å². The van der Waals surface area contributed by atoms with Gasteiger partial charge in [-0.25, -0.2) is 9.67 Å². The Morgan fingerprint density at radius 1 is 1.24 bits per heavy atom. The molecule has 6 nitrogen and oxygen atoms in total. The Bertz CT molecular complexity index is 1020. The van der Waals surface area contributed by atoms with Crippen molar-refractivity contribution >= 4 is 0 Å². The fourth-order valence-electron chi connectivity index (χ4n) is 3.60. The van der Waals surface area contributed by atoms with E-state index >= 15 is 0 Å². The molecule has 0 saturated heterocycles. The van der Waals surface area contributed by atoms with Crippen LogP contribution < -0.4 is 10.1 Å². The molecule has 0 bridgehead atoms. The zero-order valence-electron chi connectivity index (χ0n) is 16.6. The minimum atomic E-state index is 0.387. The minimum absolute atomic E-state index is 0.387. The second-order valence-corrected chi connectivity index (χ2v) is 7.30. The number of nitrogens with zero attached hydrogens (tertiary/aromatic N) is 4. The first-order valence-corrected chi connectivity index (χ1v) is 10.1. The smallest absolute Gasteiger partial charge is 0.150 e. The van der Waals surface area contributed by atoms with Crippen molar-refractivity contribution in [3.8, 4) is 11.8 Å². The lowest BCUT2D eigenvalue weighted by Gasteiger charge is -2.23. The van der Waals surface area contributed by atoms with Crippen molar-refractivity contribution in [2.24, 2.45) is 0 Å². The van der Waals surface area contributed by atoms with Crippen LogP contribution in [0.4, 0.5) is 0 Å². The molecule has 0 amide bonds. The molecule has 1 aliphatic heterocycles. The Morgan fingerprint density at radius 2 is 2.14 bits per heavy atom. The molecule has 0 fully saturated rings. The van der Waals surface area contributed by atoms with Gasteiger partial charge in [0.15, 0.2) is 5.82 Å². The minimum Gasteiger partial charge on any atom is -0.489 e. The molecule has 3 aromatic rings. The van der Waals surface area contributed by atoms with Crippen LogP contribution in [0.5, 0.6) is 5.75 Å². The van der Waals surface area contributed by atoms with Gasteiger partial charge in [-0.2, -0.15) is 10.4 Å². The molecule has 0 radical (unpaired) electrons. The van der Waals surface area contributed by atoms with Gasteiger partial charge in [0.25, 0.3) is 0 Å². The van der Waals surface area contributed by atoms with Crippen molar-refractivity contribution in [2.45, 2.75) is 51.9 Å². The summed E-state index contributed by atoms with van der Waals surface area (Å²) in [4.78, 5) is 4.58. The summed E-state index contributed by atoms with van der Waals surface area (Å²) in [6, 6.07) is 18.2. The number of hydrogen-bond acceptors (Lipinski definition) is 5. The van der Waals surface area contributed by atoms with E-state index in [0.717, 1.165) is 55.3 Å². The largest absolute Gasteiger partial charge is 0.489 e. The molecular formula is C23H25N5O. The van der Waals surface area contributed by atoms with Gasteiger partial charge in [0.05, 0.1) is 18.2 Å². The number of fused-ring (bicyclic) bond motifs is 1. The van der Waals surface area contributed by atoms with E-state index in [1.807, 2.05) is 41.1 Å². The molecule has 1 atom stereocenters. The van der Waals surface area contributed by atoms with E-state index < -0.39 is 0 Å². The molecular weight excluding hydrogens is 362 g/mol. The standard InChI is InChI=1S/C23H25N5O/c1-2-22-26-23-11-10-20(15-28(23)27-22)25-14-17-6-5-9-21(12-17)29-16-19-8-4-3-7-18(19)13-24/h3-9,12,20,25H,2,10-11,14-16H2,1H3. The maximum Gasteiger partial charge on any atom is 0.150 e. The second-order valence-electron chi connectivity index (χ2n) is 7.30. The first-order valence-electron chi connectivity index (χ1n) is 10.1. The summed E-state index contributed by atoms with van der Waals surface area (Å²) in [6.45, 7) is 4.12. The van der Waals surface area contributed by atoms with Crippen LogP contribution in [0.25, 0.3) is 0 Å². The SMILES string of the molecule is CCc1nc2n(n1)CC(NCc1cccc(OCc3ccccc3C#N)c1)CC2. The van der Waals surface area contributed by atoms with E-state index in [0.29, 0.717) is 18.2 Å². The van der Waals surface area contributed by atoms with E-state index in [4.69, 9.17) is 4.74 Å². The summed E-state index contributed by atoms with van der Waals surface area (Å²) in [6.07, 6.45) is 2.92. The molecule has 0 saturated carbocycles. The molecule has 0 spiro atoms. The number of rotatable bonds is 7. The van der Waals surface area contributed by atoms with Crippen LogP contribution in [-0.2, 0) is 32.5 Å². The van der Waals surface area contributed by atoms with Gasteiger partial charge in [-0.15, -0.1) is 0 Å². The Labute approximate surface area is 171 Å². The summed E-state index contributed by atoms with van der Waals surface area (Å²) in [5, 5.41) is 17.4. The van der Waals surface area contributed by atoms with Crippen LogP contribution in [0.1, 0.15) is 41.7 Å². The van der Waals surface area contributed by atoms with Crippen molar-refractivity contribution in [3.05, 3.63) is 76.9 Å². The number of benzene rings is 2. The van der Waals surface area contributed by atoms with Gasteiger partial charge < -0.3 is 10.1 Å². The highest BCUT2D eigenvalue weighted by molar-refractivity contribution is 5.37. The predicted molar refractivity (Wildman–Crippen MR) is 110 cm³/mol. The van der Waals surface area contributed by atoms with Crippen LogP contribution in [-0.4, -0.2) is 20.8 Å². The summed E-state index contributed by atoms with van der Waals surface area (Å²) >= 11 is 0. The lowest BCUT2D eigenvalue weighted by molar-refractivity contribution is 0.305. The summed E-state index contributed by atoms with van der Waals surface area (Å²) in [5.74, 6) is 2.85. The third-order valence-electron chi connectivity index (χ3n) is 5.24. The molecule has 1 N–H and O–H groups in total. The Kier molecular flexibility index (Phi) is 5.87. The van der Waals surface area contributed by atoms with Crippen molar-refractivity contribution < 1.29 is 4.74 Å². The number of nitrogens with one attached hydrogen (secondary N) is 1. The number of nitriles is 1. The van der Waals surface area contributed by atoms with Crippen LogP contribution in [0.15, 0.2) is 48.5 Å². The summed E-state index contributed by atoms with van der Waals surface area (Å²) < 4.78 is 7.98. The predicted octanol–water partition coefficient (Wildman–Crippen LogP) is 3.40. The number of ether oxygens (including phenoxy) is 1. The van der Waals surface area contributed by atoms with Crippen molar-refractivity contribution in [1.29, 1.82) is 5.26 Å². The number of aromatic nitrogens is 3. The van der Waals surface area contributed by atoms with E-state index in [1.54, 1.807) is 0 Å². The van der Waals surface area contributed by atoms with Crippen molar-refractivity contribution in [3.63, 3.8) is 0 Å². The molecule has 148 valence electrons. The molecule has 1 unspecified atom stereocenters. The average Bonchev–Trinajstić information content (AvgIpc) is 3.19. The van der Waals surface area contributed by atoms with Gasteiger partial charge in [0.2, 0.25) is 0 Å². The lowest BCUT2D eigenvalue weighted by Crippen LogP contribution is -2.37.